The Bertz CT molecular complexity index is 412. The van der Waals surface area contributed by atoms with Crippen molar-refractivity contribution >= 4 is 19.7 Å². The first-order valence-electron chi connectivity index (χ1n) is 5.66. The zero-order chi connectivity index (χ0) is 13.7. The molecule has 0 aromatic carbocycles. The van der Waals surface area contributed by atoms with E-state index in [0.717, 1.165) is 6.26 Å². The molecule has 1 N–H and O–H groups in total. The summed E-state index contributed by atoms with van der Waals surface area (Å²) in [7, 11) is -6.07. The SMILES string of the molecule is CC(C)C(C)S(=O)(=O)CCNCCS(C)(=O)=O. The Kier molecular flexibility index (Phi) is 6.65. The first-order valence-corrected chi connectivity index (χ1v) is 9.44. The van der Waals surface area contributed by atoms with Crippen LogP contribution in [0.25, 0.3) is 0 Å². The molecule has 0 saturated carbocycles. The zero-order valence-corrected chi connectivity index (χ0v) is 12.6. The predicted molar refractivity (Wildman–Crippen MR) is 70.7 cm³/mol. The van der Waals surface area contributed by atoms with Crippen molar-refractivity contribution < 1.29 is 16.8 Å². The first kappa shape index (κ1) is 16.9. The highest BCUT2D eigenvalue weighted by Crippen LogP contribution is 2.11. The number of hydrogen-bond donors (Lipinski definition) is 1. The van der Waals surface area contributed by atoms with Gasteiger partial charge in [-0.25, -0.2) is 16.8 Å². The molecular weight excluding hydrogens is 262 g/mol. The highest BCUT2D eigenvalue weighted by molar-refractivity contribution is 7.92. The second-order valence-electron chi connectivity index (χ2n) is 4.70. The van der Waals surface area contributed by atoms with Gasteiger partial charge in [0.25, 0.3) is 0 Å². The molecule has 1 atom stereocenters. The zero-order valence-electron chi connectivity index (χ0n) is 10.9. The van der Waals surface area contributed by atoms with Crippen LogP contribution in [-0.2, 0) is 19.7 Å². The average molecular weight is 285 g/mol. The Balaban J connectivity index is 3.98. The van der Waals surface area contributed by atoms with Crippen molar-refractivity contribution in [1.82, 2.24) is 5.32 Å². The van der Waals surface area contributed by atoms with Crippen molar-refractivity contribution in [2.24, 2.45) is 5.92 Å². The van der Waals surface area contributed by atoms with Crippen LogP contribution in [0.4, 0.5) is 0 Å². The van der Waals surface area contributed by atoms with Crippen LogP contribution in [-0.4, -0.2) is 52.9 Å². The molecule has 0 bridgehead atoms. The lowest BCUT2D eigenvalue weighted by atomic mass is 10.2. The molecule has 7 heteroatoms. The number of hydrogen-bond acceptors (Lipinski definition) is 5. The van der Waals surface area contributed by atoms with E-state index in [4.69, 9.17) is 0 Å². The Morgan fingerprint density at radius 2 is 1.41 bits per heavy atom. The molecule has 0 aliphatic heterocycles. The second kappa shape index (κ2) is 6.70. The molecule has 0 spiro atoms. The molecule has 0 fully saturated rings. The van der Waals surface area contributed by atoms with Gasteiger partial charge in [0.1, 0.15) is 9.84 Å². The summed E-state index contributed by atoms with van der Waals surface area (Å²) in [4.78, 5) is 0. The first-order chi connectivity index (χ1) is 7.56. The molecule has 17 heavy (non-hydrogen) atoms. The summed E-state index contributed by atoms with van der Waals surface area (Å²) in [6.07, 6.45) is 1.16. The minimum atomic E-state index is -3.09. The fourth-order valence-electron chi connectivity index (χ4n) is 1.20. The Hall–Kier alpha value is -0.140. The van der Waals surface area contributed by atoms with Crippen molar-refractivity contribution in [2.45, 2.75) is 26.0 Å². The van der Waals surface area contributed by atoms with Gasteiger partial charge in [0.2, 0.25) is 0 Å². The van der Waals surface area contributed by atoms with Crippen LogP contribution in [0.15, 0.2) is 0 Å². The van der Waals surface area contributed by atoms with Gasteiger partial charge in [-0.2, -0.15) is 0 Å². The minimum Gasteiger partial charge on any atom is -0.315 e. The molecule has 0 aromatic rings. The second-order valence-corrected chi connectivity index (χ2v) is 9.43. The van der Waals surface area contributed by atoms with Crippen LogP contribution in [0.3, 0.4) is 0 Å². The molecule has 1 unspecified atom stereocenters. The van der Waals surface area contributed by atoms with Gasteiger partial charge in [0, 0.05) is 19.3 Å². The molecule has 0 heterocycles. The van der Waals surface area contributed by atoms with Crippen LogP contribution in [0, 0.1) is 5.92 Å². The van der Waals surface area contributed by atoms with E-state index in [-0.39, 0.29) is 22.7 Å². The molecule has 0 radical (unpaired) electrons. The number of sulfone groups is 2. The normalized spacial score (nSPS) is 15.1. The van der Waals surface area contributed by atoms with Gasteiger partial charge in [-0.15, -0.1) is 0 Å². The van der Waals surface area contributed by atoms with Crippen molar-refractivity contribution in [3.8, 4) is 0 Å². The van der Waals surface area contributed by atoms with Crippen LogP contribution in [0.1, 0.15) is 20.8 Å². The highest BCUT2D eigenvalue weighted by atomic mass is 32.2. The van der Waals surface area contributed by atoms with E-state index in [1.165, 1.54) is 0 Å². The quantitative estimate of drug-likeness (QED) is 0.639. The maximum absolute atomic E-state index is 11.8. The van der Waals surface area contributed by atoms with E-state index in [9.17, 15) is 16.8 Å². The van der Waals surface area contributed by atoms with Crippen LogP contribution < -0.4 is 5.32 Å². The average Bonchev–Trinajstić information content (AvgIpc) is 2.13. The summed E-state index contributed by atoms with van der Waals surface area (Å²) in [5, 5.41) is 2.47. The van der Waals surface area contributed by atoms with Gasteiger partial charge in [-0.1, -0.05) is 13.8 Å². The van der Waals surface area contributed by atoms with Gasteiger partial charge < -0.3 is 5.32 Å². The van der Waals surface area contributed by atoms with E-state index in [2.05, 4.69) is 5.32 Å². The van der Waals surface area contributed by atoms with Crippen LogP contribution in [0.2, 0.25) is 0 Å². The summed E-state index contributed by atoms with van der Waals surface area (Å²) >= 11 is 0. The Morgan fingerprint density at radius 1 is 0.941 bits per heavy atom. The van der Waals surface area contributed by atoms with Gasteiger partial charge in [-0.3, -0.25) is 0 Å². The van der Waals surface area contributed by atoms with Crippen molar-refractivity contribution in [3.63, 3.8) is 0 Å². The summed E-state index contributed by atoms with van der Waals surface area (Å²) < 4.78 is 45.2. The third kappa shape index (κ3) is 7.72. The van der Waals surface area contributed by atoms with E-state index < -0.39 is 19.7 Å². The number of rotatable bonds is 8. The van der Waals surface area contributed by atoms with Crippen molar-refractivity contribution in [1.29, 1.82) is 0 Å². The van der Waals surface area contributed by atoms with E-state index in [1.807, 2.05) is 13.8 Å². The largest absolute Gasteiger partial charge is 0.315 e. The van der Waals surface area contributed by atoms with E-state index >= 15 is 0 Å². The summed E-state index contributed by atoms with van der Waals surface area (Å²) in [5.41, 5.74) is 0. The van der Waals surface area contributed by atoms with Gasteiger partial charge in [0.05, 0.1) is 16.8 Å². The van der Waals surface area contributed by atoms with Crippen molar-refractivity contribution in [3.05, 3.63) is 0 Å². The van der Waals surface area contributed by atoms with E-state index in [1.54, 1.807) is 6.92 Å². The summed E-state index contributed by atoms with van der Waals surface area (Å²) in [6.45, 7) is 6.05. The third-order valence-corrected chi connectivity index (χ3v) is 6.11. The Labute approximate surface area is 105 Å². The van der Waals surface area contributed by atoms with Crippen LogP contribution in [0.5, 0.6) is 0 Å². The molecule has 104 valence electrons. The molecule has 0 saturated heterocycles. The molecule has 0 amide bonds. The Morgan fingerprint density at radius 3 is 1.82 bits per heavy atom. The topological polar surface area (TPSA) is 80.3 Å². The molecule has 0 aromatic heterocycles. The lowest BCUT2D eigenvalue weighted by Crippen LogP contribution is -2.33. The number of nitrogens with one attached hydrogen (secondary N) is 1. The van der Waals surface area contributed by atoms with Gasteiger partial charge >= 0.3 is 0 Å². The monoisotopic (exact) mass is 285 g/mol. The lowest BCUT2D eigenvalue weighted by Gasteiger charge is -2.16. The molecule has 0 aliphatic carbocycles. The van der Waals surface area contributed by atoms with E-state index in [0.29, 0.717) is 13.1 Å². The third-order valence-electron chi connectivity index (χ3n) is 2.72. The molecule has 5 nitrogen and oxygen atoms in total. The van der Waals surface area contributed by atoms with Gasteiger partial charge in [0.15, 0.2) is 9.84 Å². The predicted octanol–water partition coefficient (Wildman–Crippen LogP) is 0.0799. The minimum absolute atomic E-state index is 0.0345. The summed E-state index contributed by atoms with van der Waals surface area (Å²) in [6, 6.07) is 0. The molecule has 0 rings (SSSR count). The maximum Gasteiger partial charge on any atom is 0.154 e. The standard InChI is InChI=1S/C10H23NO4S2/c1-9(2)10(3)17(14,15)8-6-11-5-7-16(4,12)13/h9-11H,5-8H2,1-4H3. The summed E-state index contributed by atoms with van der Waals surface area (Å²) in [5.74, 6) is 0.180. The lowest BCUT2D eigenvalue weighted by molar-refractivity contribution is 0.543. The fraction of sp³-hybridized carbons (Fsp3) is 1.00. The van der Waals surface area contributed by atoms with Crippen molar-refractivity contribution in [2.75, 3.05) is 30.9 Å². The van der Waals surface area contributed by atoms with Crippen LogP contribution >= 0.6 is 0 Å². The van der Waals surface area contributed by atoms with Gasteiger partial charge in [-0.05, 0) is 12.8 Å². The fourth-order valence-corrected chi connectivity index (χ4v) is 3.34. The smallest absolute Gasteiger partial charge is 0.154 e. The highest BCUT2D eigenvalue weighted by Gasteiger charge is 2.23. The molecular formula is C10H23NO4S2. The maximum atomic E-state index is 11.8. The molecule has 0 aliphatic rings.